The van der Waals surface area contributed by atoms with E-state index in [-0.39, 0.29) is 11.9 Å². The predicted molar refractivity (Wildman–Crippen MR) is 94.0 cm³/mol. The zero-order chi connectivity index (χ0) is 17.2. The molecule has 4 rings (SSSR count). The SMILES string of the molecule is COC(=O)c1nc2n(n1)C(c1ccccc1)C=C(c1ccccc1)N2. The average molecular weight is 332 g/mol. The molecule has 0 saturated carbocycles. The van der Waals surface area contributed by atoms with Gasteiger partial charge in [0, 0.05) is 5.70 Å². The van der Waals surface area contributed by atoms with Crippen molar-refractivity contribution in [3.63, 3.8) is 0 Å². The maximum absolute atomic E-state index is 11.8. The predicted octanol–water partition coefficient (Wildman–Crippen LogP) is 3.12. The van der Waals surface area contributed by atoms with Gasteiger partial charge in [-0.15, -0.1) is 5.10 Å². The second kappa shape index (κ2) is 6.24. The molecule has 0 radical (unpaired) electrons. The number of fused-ring (bicyclic) bond motifs is 1. The minimum atomic E-state index is -0.559. The molecule has 0 amide bonds. The Morgan fingerprint density at radius 3 is 2.44 bits per heavy atom. The second-order valence-electron chi connectivity index (χ2n) is 5.62. The number of allylic oxidation sites excluding steroid dienone is 1. The molecule has 3 aromatic rings. The molecule has 0 fully saturated rings. The summed E-state index contributed by atoms with van der Waals surface area (Å²) in [7, 11) is 1.32. The quantitative estimate of drug-likeness (QED) is 0.746. The monoisotopic (exact) mass is 332 g/mol. The van der Waals surface area contributed by atoms with E-state index in [0.717, 1.165) is 16.8 Å². The van der Waals surface area contributed by atoms with Crippen LogP contribution in [0.2, 0.25) is 0 Å². The Labute approximate surface area is 144 Å². The molecule has 124 valence electrons. The molecule has 6 nitrogen and oxygen atoms in total. The first kappa shape index (κ1) is 15.1. The lowest BCUT2D eigenvalue weighted by molar-refractivity contribution is 0.0586. The van der Waals surface area contributed by atoms with Crippen molar-refractivity contribution < 1.29 is 9.53 Å². The van der Waals surface area contributed by atoms with E-state index in [2.05, 4.69) is 21.5 Å². The molecule has 1 unspecified atom stereocenters. The molecule has 2 aromatic carbocycles. The highest BCUT2D eigenvalue weighted by molar-refractivity contribution is 5.86. The van der Waals surface area contributed by atoms with E-state index in [1.54, 1.807) is 4.68 Å². The van der Waals surface area contributed by atoms with E-state index in [4.69, 9.17) is 4.74 Å². The highest BCUT2D eigenvalue weighted by atomic mass is 16.5. The number of nitrogens with zero attached hydrogens (tertiary/aromatic N) is 3. The minimum absolute atomic E-state index is 0.0358. The first-order valence-corrected chi connectivity index (χ1v) is 7.90. The summed E-state index contributed by atoms with van der Waals surface area (Å²) < 4.78 is 6.45. The van der Waals surface area contributed by atoms with Crippen molar-refractivity contribution >= 4 is 17.6 Å². The maximum atomic E-state index is 11.8. The number of aromatic nitrogens is 3. The van der Waals surface area contributed by atoms with E-state index in [1.807, 2.05) is 60.7 Å². The van der Waals surface area contributed by atoms with Crippen LogP contribution in [0.4, 0.5) is 5.95 Å². The Balaban J connectivity index is 1.83. The van der Waals surface area contributed by atoms with Gasteiger partial charge in [0.25, 0.3) is 5.82 Å². The van der Waals surface area contributed by atoms with Gasteiger partial charge in [0.2, 0.25) is 5.95 Å². The summed E-state index contributed by atoms with van der Waals surface area (Å²) in [6.45, 7) is 0. The van der Waals surface area contributed by atoms with E-state index < -0.39 is 5.97 Å². The summed E-state index contributed by atoms with van der Waals surface area (Å²) in [5.74, 6) is -0.0129. The summed E-state index contributed by atoms with van der Waals surface area (Å²) >= 11 is 0. The van der Waals surface area contributed by atoms with Crippen LogP contribution in [0.15, 0.2) is 66.7 Å². The van der Waals surface area contributed by atoms with Crippen molar-refractivity contribution in [3.8, 4) is 0 Å². The van der Waals surface area contributed by atoms with Crippen LogP contribution in [0, 0.1) is 0 Å². The molecule has 0 aliphatic carbocycles. The maximum Gasteiger partial charge on any atom is 0.378 e. The van der Waals surface area contributed by atoms with Gasteiger partial charge < -0.3 is 10.1 Å². The van der Waals surface area contributed by atoms with Crippen LogP contribution < -0.4 is 5.32 Å². The van der Waals surface area contributed by atoms with Gasteiger partial charge in [0.05, 0.1) is 7.11 Å². The number of anilines is 1. The van der Waals surface area contributed by atoms with Gasteiger partial charge >= 0.3 is 5.97 Å². The van der Waals surface area contributed by atoms with Crippen LogP contribution >= 0.6 is 0 Å². The van der Waals surface area contributed by atoms with Crippen molar-refractivity contribution in [3.05, 3.63) is 83.7 Å². The fourth-order valence-corrected chi connectivity index (χ4v) is 2.84. The number of rotatable bonds is 3. The minimum Gasteiger partial charge on any atom is -0.463 e. The molecule has 1 aliphatic rings. The summed E-state index contributed by atoms with van der Waals surface area (Å²) in [6, 6.07) is 19.8. The molecular weight excluding hydrogens is 316 g/mol. The molecule has 0 bridgehead atoms. The summed E-state index contributed by atoms with van der Waals surface area (Å²) in [4.78, 5) is 16.1. The standard InChI is InChI=1S/C19H16N4O2/c1-25-18(24)17-21-19-20-15(13-8-4-2-5-9-13)12-16(23(19)22-17)14-10-6-3-7-11-14/h2-12,16H,1H3,(H,20,21,22). The van der Waals surface area contributed by atoms with Crippen LogP contribution in [0.3, 0.4) is 0 Å². The largest absolute Gasteiger partial charge is 0.463 e. The van der Waals surface area contributed by atoms with E-state index in [0.29, 0.717) is 5.95 Å². The van der Waals surface area contributed by atoms with Crippen LogP contribution in [-0.4, -0.2) is 27.8 Å². The number of ether oxygens (including phenoxy) is 1. The van der Waals surface area contributed by atoms with Gasteiger partial charge in [-0.05, 0) is 17.2 Å². The Hall–Kier alpha value is -3.41. The third-order valence-electron chi connectivity index (χ3n) is 4.06. The lowest BCUT2D eigenvalue weighted by atomic mass is 10.0. The van der Waals surface area contributed by atoms with Crippen LogP contribution in [0.5, 0.6) is 0 Å². The van der Waals surface area contributed by atoms with Gasteiger partial charge in [-0.3, -0.25) is 0 Å². The van der Waals surface area contributed by atoms with Gasteiger partial charge in [-0.25, -0.2) is 9.48 Å². The molecule has 1 aromatic heterocycles. The van der Waals surface area contributed by atoms with E-state index >= 15 is 0 Å². The van der Waals surface area contributed by atoms with Crippen molar-refractivity contribution in [2.24, 2.45) is 0 Å². The number of benzene rings is 2. The molecule has 1 N–H and O–H groups in total. The Morgan fingerprint density at radius 2 is 1.76 bits per heavy atom. The number of hydrogen-bond donors (Lipinski definition) is 1. The Morgan fingerprint density at radius 1 is 1.08 bits per heavy atom. The Kier molecular flexibility index (Phi) is 3.78. The number of esters is 1. The van der Waals surface area contributed by atoms with Gasteiger partial charge in [-0.2, -0.15) is 4.98 Å². The van der Waals surface area contributed by atoms with Gasteiger partial charge in [-0.1, -0.05) is 60.7 Å². The van der Waals surface area contributed by atoms with E-state index in [1.165, 1.54) is 7.11 Å². The third kappa shape index (κ3) is 2.78. The third-order valence-corrected chi connectivity index (χ3v) is 4.06. The van der Waals surface area contributed by atoms with Crippen molar-refractivity contribution in [2.45, 2.75) is 6.04 Å². The highest BCUT2D eigenvalue weighted by Gasteiger charge is 2.27. The van der Waals surface area contributed by atoms with Crippen LogP contribution in [-0.2, 0) is 4.74 Å². The highest BCUT2D eigenvalue weighted by Crippen LogP contribution is 2.32. The summed E-state index contributed by atoms with van der Waals surface area (Å²) in [6.07, 6.45) is 2.08. The number of carbonyl (C=O) groups is 1. The normalized spacial score (nSPS) is 15.7. The molecule has 1 atom stereocenters. The molecule has 2 heterocycles. The topological polar surface area (TPSA) is 69.0 Å². The van der Waals surface area contributed by atoms with Crippen LogP contribution in [0.1, 0.15) is 27.8 Å². The second-order valence-corrected chi connectivity index (χ2v) is 5.62. The van der Waals surface area contributed by atoms with Gasteiger partial charge in [0.15, 0.2) is 0 Å². The summed E-state index contributed by atoms with van der Waals surface area (Å²) in [5.41, 5.74) is 3.02. The summed E-state index contributed by atoms with van der Waals surface area (Å²) in [5, 5.41) is 7.59. The zero-order valence-electron chi connectivity index (χ0n) is 13.6. The number of hydrogen-bond acceptors (Lipinski definition) is 5. The van der Waals surface area contributed by atoms with Gasteiger partial charge in [0.1, 0.15) is 6.04 Å². The van der Waals surface area contributed by atoms with Crippen molar-refractivity contribution in [1.82, 2.24) is 14.8 Å². The molecule has 25 heavy (non-hydrogen) atoms. The molecular formula is C19H16N4O2. The van der Waals surface area contributed by atoms with Crippen molar-refractivity contribution in [1.29, 1.82) is 0 Å². The molecule has 0 spiro atoms. The average Bonchev–Trinajstić information content (AvgIpc) is 3.12. The number of nitrogens with one attached hydrogen (secondary N) is 1. The Bertz CT molecular complexity index is 933. The zero-order valence-corrected chi connectivity index (χ0v) is 13.6. The fraction of sp³-hybridized carbons (Fsp3) is 0.105. The van der Waals surface area contributed by atoms with Crippen LogP contribution in [0.25, 0.3) is 5.70 Å². The van der Waals surface area contributed by atoms with Crippen molar-refractivity contribution in [2.75, 3.05) is 12.4 Å². The number of methoxy groups -OCH3 is 1. The fourth-order valence-electron chi connectivity index (χ4n) is 2.84. The number of carbonyl (C=O) groups excluding carboxylic acids is 1. The molecule has 0 saturated heterocycles. The molecule has 1 aliphatic heterocycles. The molecule has 6 heteroatoms. The lowest BCUT2D eigenvalue weighted by Gasteiger charge is -2.24. The first-order chi connectivity index (χ1) is 12.3. The van der Waals surface area contributed by atoms with E-state index in [9.17, 15) is 4.79 Å². The lowest BCUT2D eigenvalue weighted by Crippen LogP contribution is -2.20. The smallest absolute Gasteiger partial charge is 0.378 e. The first-order valence-electron chi connectivity index (χ1n) is 7.90.